The van der Waals surface area contributed by atoms with Crippen LogP contribution in [0.3, 0.4) is 0 Å². The summed E-state index contributed by atoms with van der Waals surface area (Å²) in [5.74, 6) is -1.00. The first kappa shape index (κ1) is 16.4. The van der Waals surface area contributed by atoms with Gasteiger partial charge in [-0.1, -0.05) is 12.8 Å². The molecule has 0 aromatic rings. The lowest BCUT2D eigenvalue weighted by Crippen LogP contribution is -2.56. The number of nitrogens with zero attached hydrogens (tertiary/aromatic N) is 1. The summed E-state index contributed by atoms with van der Waals surface area (Å²) in [4.78, 5) is 33.8. The van der Waals surface area contributed by atoms with E-state index in [0.29, 0.717) is 12.8 Å². The number of hydrogen-bond donors (Lipinski definition) is 3. The molecule has 0 aromatic heterocycles. The minimum absolute atomic E-state index is 0.116. The number of likely N-dealkylation sites (N-methyl/N-ethyl adjacent to an activating group) is 1. The van der Waals surface area contributed by atoms with Gasteiger partial charge in [-0.3, -0.25) is 14.5 Å². The van der Waals surface area contributed by atoms with Gasteiger partial charge in [-0.25, -0.2) is 4.79 Å². The maximum atomic E-state index is 12.1. The fraction of sp³-hybridized carbons (Fsp3) is 0.769. The van der Waals surface area contributed by atoms with E-state index in [9.17, 15) is 14.7 Å². The zero-order valence-corrected chi connectivity index (χ0v) is 11.7. The molecule has 2 aliphatic rings. The van der Waals surface area contributed by atoms with E-state index in [0.717, 1.165) is 32.2 Å². The molecule has 7 heteroatoms. The summed E-state index contributed by atoms with van der Waals surface area (Å²) in [6, 6.07) is -0.146. The number of carbonyl (C=O) groups is 3. The van der Waals surface area contributed by atoms with Crippen LogP contribution in [0.25, 0.3) is 0 Å². The molecule has 1 saturated heterocycles. The third-order valence-electron chi connectivity index (χ3n) is 4.05. The molecule has 1 atom stereocenters. The largest absolute Gasteiger partial charge is 0.483 e. The molecule has 1 amide bonds. The normalized spacial score (nSPS) is 24.6. The van der Waals surface area contributed by atoms with Crippen molar-refractivity contribution in [3.05, 3.63) is 0 Å². The molecule has 1 heterocycles. The van der Waals surface area contributed by atoms with Crippen LogP contribution >= 0.6 is 0 Å². The van der Waals surface area contributed by atoms with Gasteiger partial charge in [0.2, 0.25) is 5.91 Å². The van der Waals surface area contributed by atoms with Crippen LogP contribution in [0.2, 0.25) is 0 Å². The van der Waals surface area contributed by atoms with Gasteiger partial charge in [0, 0.05) is 0 Å². The summed E-state index contributed by atoms with van der Waals surface area (Å²) < 4.78 is 0. The number of aliphatic carboxylic acids is 1. The smallest absolute Gasteiger partial charge is 0.329 e. The highest BCUT2D eigenvalue weighted by Crippen LogP contribution is 2.30. The third kappa shape index (κ3) is 3.69. The second kappa shape index (κ2) is 7.23. The summed E-state index contributed by atoms with van der Waals surface area (Å²) in [6.45, 7) is 0.665. The maximum Gasteiger partial charge on any atom is 0.329 e. The van der Waals surface area contributed by atoms with Crippen molar-refractivity contribution in [2.45, 2.75) is 50.1 Å². The Kier molecular flexibility index (Phi) is 5.94. The number of likely N-dealkylation sites (tertiary alicyclic amines) is 1. The number of carboxylic acids is 1. The Morgan fingerprint density at radius 2 is 1.85 bits per heavy atom. The lowest BCUT2D eigenvalue weighted by molar-refractivity contribution is -0.148. The van der Waals surface area contributed by atoms with Gasteiger partial charge in [-0.2, -0.15) is 0 Å². The number of amides is 1. The van der Waals surface area contributed by atoms with Gasteiger partial charge in [0.25, 0.3) is 6.47 Å². The van der Waals surface area contributed by atoms with Gasteiger partial charge in [0.1, 0.15) is 5.54 Å². The van der Waals surface area contributed by atoms with E-state index in [1.165, 1.54) is 0 Å². The number of nitrogens with one attached hydrogen (secondary N) is 1. The Morgan fingerprint density at radius 1 is 1.30 bits per heavy atom. The van der Waals surface area contributed by atoms with Crippen molar-refractivity contribution < 1.29 is 24.6 Å². The van der Waals surface area contributed by atoms with Crippen molar-refractivity contribution in [3.8, 4) is 0 Å². The lowest BCUT2D eigenvalue weighted by Gasteiger charge is -2.28. The molecular formula is C13H22N2O5. The minimum atomic E-state index is -0.999. The average Bonchev–Trinajstić information content (AvgIpc) is 2.99. The van der Waals surface area contributed by atoms with E-state index in [1.54, 1.807) is 0 Å². The summed E-state index contributed by atoms with van der Waals surface area (Å²) in [6.07, 6.45) is 4.72. The SMILES string of the molecule is CN1CCC[C@H]1C(=O)NC1(C(=O)O)CCCC1.O=CO. The quantitative estimate of drug-likeness (QED) is 0.644. The Hall–Kier alpha value is -1.63. The van der Waals surface area contributed by atoms with Crippen LogP contribution in [-0.2, 0) is 14.4 Å². The second-order valence-electron chi connectivity index (χ2n) is 5.33. The molecule has 0 aromatic carbocycles. The number of carboxylic acid groups (broad SMARTS) is 2. The first-order valence-corrected chi connectivity index (χ1v) is 6.80. The Bertz CT molecular complexity index is 366. The molecule has 0 radical (unpaired) electrons. The van der Waals surface area contributed by atoms with Gasteiger partial charge in [-0.15, -0.1) is 0 Å². The monoisotopic (exact) mass is 286 g/mol. The van der Waals surface area contributed by atoms with Gasteiger partial charge in [0.15, 0.2) is 0 Å². The van der Waals surface area contributed by atoms with E-state index in [-0.39, 0.29) is 18.4 Å². The molecule has 114 valence electrons. The van der Waals surface area contributed by atoms with Gasteiger partial charge in [-0.05, 0) is 39.3 Å². The Labute approximate surface area is 117 Å². The van der Waals surface area contributed by atoms with E-state index >= 15 is 0 Å². The summed E-state index contributed by atoms with van der Waals surface area (Å²) in [5, 5.41) is 19.0. The molecule has 0 spiro atoms. The van der Waals surface area contributed by atoms with Crippen LogP contribution in [0.4, 0.5) is 0 Å². The topological polar surface area (TPSA) is 107 Å². The van der Waals surface area contributed by atoms with Crippen molar-refractivity contribution in [1.82, 2.24) is 10.2 Å². The van der Waals surface area contributed by atoms with Gasteiger partial charge < -0.3 is 15.5 Å². The van der Waals surface area contributed by atoms with Crippen molar-refractivity contribution in [1.29, 1.82) is 0 Å². The maximum absolute atomic E-state index is 12.1. The molecule has 20 heavy (non-hydrogen) atoms. The highest BCUT2D eigenvalue weighted by Gasteiger charge is 2.44. The van der Waals surface area contributed by atoms with Crippen LogP contribution in [0, 0.1) is 0 Å². The molecular weight excluding hydrogens is 264 g/mol. The van der Waals surface area contributed by atoms with Crippen molar-refractivity contribution >= 4 is 18.3 Å². The Balaban J connectivity index is 0.000000612. The van der Waals surface area contributed by atoms with Crippen LogP contribution in [0.5, 0.6) is 0 Å². The summed E-state index contributed by atoms with van der Waals surface area (Å²) in [7, 11) is 1.92. The van der Waals surface area contributed by atoms with E-state index in [1.807, 2.05) is 11.9 Å². The van der Waals surface area contributed by atoms with Gasteiger partial charge in [0.05, 0.1) is 6.04 Å². The molecule has 0 unspecified atom stereocenters. The first-order chi connectivity index (χ1) is 9.46. The van der Waals surface area contributed by atoms with E-state index in [4.69, 9.17) is 9.90 Å². The number of rotatable bonds is 3. The third-order valence-corrected chi connectivity index (χ3v) is 4.05. The molecule has 7 nitrogen and oxygen atoms in total. The minimum Gasteiger partial charge on any atom is -0.483 e. The lowest BCUT2D eigenvalue weighted by atomic mass is 9.97. The van der Waals surface area contributed by atoms with E-state index in [2.05, 4.69) is 5.32 Å². The highest BCUT2D eigenvalue weighted by molar-refractivity contribution is 5.90. The predicted molar refractivity (Wildman–Crippen MR) is 71.3 cm³/mol. The van der Waals surface area contributed by atoms with E-state index < -0.39 is 11.5 Å². The fourth-order valence-corrected chi connectivity index (χ4v) is 2.93. The number of carbonyl (C=O) groups excluding carboxylic acids is 1. The van der Waals surface area contributed by atoms with Crippen molar-refractivity contribution in [3.63, 3.8) is 0 Å². The van der Waals surface area contributed by atoms with Crippen LogP contribution < -0.4 is 5.32 Å². The molecule has 1 aliphatic heterocycles. The molecule has 1 aliphatic carbocycles. The predicted octanol–water partition coefficient (Wildman–Crippen LogP) is 0.295. The Morgan fingerprint density at radius 3 is 2.25 bits per heavy atom. The molecule has 2 fully saturated rings. The highest BCUT2D eigenvalue weighted by atomic mass is 16.4. The van der Waals surface area contributed by atoms with Gasteiger partial charge >= 0.3 is 5.97 Å². The first-order valence-electron chi connectivity index (χ1n) is 6.80. The zero-order valence-electron chi connectivity index (χ0n) is 11.7. The molecule has 3 N–H and O–H groups in total. The number of hydrogen-bond acceptors (Lipinski definition) is 4. The fourth-order valence-electron chi connectivity index (χ4n) is 2.93. The average molecular weight is 286 g/mol. The second-order valence-corrected chi connectivity index (χ2v) is 5.33. The standard InChI is InChI=1S/C12H20N2O3.CH2O2/c1-14-8-4-5-9(14)10(15)13-12(11(16)17)6-2-3-7-12;2-1-3/h9H,2-8H2,1H3,(H,13,15)(H,16,17);1H,(H,2,3)/t9-;/m0./s1. The van der Waals surface area contributed by atoms with Crippen LogP contribution in [-0.4, -0.2) is 58.6 Å². The zero-order chi connectivity index (χ0) is 15.2. The summed E-state index contributed by atoms with van der Waals surface area (Å²) >= 11 is 0. The van der Waals surface area contributed by atoms with Crippen molar-refractivity contribution in [2.75, 3.05) is 13.6 Å². The van der Waals surface area contributed by atoms with Crippen LogP contribution in [0.15, 0.2) is 0 Å². The van der Waals surface area contributed by atoms with Crippen LogP contribution in [0.1, 0.15) is 38.5 Å². The molecule has 2 rings (SSSR count). The van der Waals surface area contributed by atoms with Crippen molar-refractivity contribution in [2.24, 2.45) is 0 Å². The summed E-state index contributed by atoms with van der Waals surface area (Å²) in [5.41, 5.74) is -0.999. The molecule has 1 saturated carbocycles. The molecule has 0 bridgehead atoms.